The van der Waals surface area contributed by atoms with Crippen LogP contribution in [0.15, 0.2) is 38.6 Å². The number of ether oxygens (including phenoxy) is 1. The predicted octanol–water partition coefficient (Wildman–Crippen LogP) is 3.97. The van der Waals surface area contributed by atoms with Gasteiger partial charge in [-0.05, 0) is 31.4 Å². The van der Waals surface area contributed by atoms with Crippen LogP contribution in [-0.2, 0) is 11.3 Å². The van der Waals surface area contributed by atoms with Gasteiger partial charge in [0, 0.05) is 6.07 Å². The summed E-state index contributed by atoms with van der Waals surface area (Å²) in [4.78, 5) is 12.9. The number of aromatic nitrogens is 1. The molecule has 0 aliphatic rings. The first-order chi connectivity index (χ1) is 10.1. The molecule has 5 nitrogen and oxygen atoms in total. The summed E-state index contributed by atoms with van der Waals surface area (Å²) in [5.41, 5.74) is 1.01. The molecule has 0 unspecified atom stereocenters. The molecular formula is C15H13NO4S. The first-order valence-electron chi connectivity index (χ1n) is 6.37. The van der Waals surface area contributed by atoms with Gasteiger partial charge < -0.3 is 13.7 Å². The van der Waals surface area contributed by atoms with Crippen LogP contribution in [-0.4, -0.2) is 11.1 Å². The maximum absolute atomic E-state index is 11.9. The van der Waals surface area contributed by atoms with Gasteiger partial charge in [0.25, 0.3) is 0 Å². The molecule has 108 valence electrons. The second-order valence-corrected chi connectivity index (χ2v) is 5.51. The van der Waals surface area contributed by atoms with Crippen LogP contribution in [0.4, 0.5) is 0 Å². The molecule has 3 heterocycles. The molecule has 0 spiro atoms. The molecule has 21 heavy (non-hydrogen) atoms. The van der Waals surface area contributed by atoms with Gasteiger partial charge in [-0.3, -0.25) is 0 Å². The summed E-state index contributed by atoms with van der Waals surface area (Å²) >= 11 is 1.56. The van der Waals surface area contributed by atoms with E-state index in [1.807, 2.05) is 17.5 Å². The predicted molar refractivity (Wildman–Crippen MR) is 77.1 cm³/mol. The van der Waals surface area contributed by atoms with Crippen molar-refractivity contribution in [1.82, 2.24) is 5.16 Å². The second-order valence-electron chi connectivity index (χ2n) is 4.56. The Hall–Kier alpha value is -2.34. The molecular weight excluding hydrogens is 290 g/mol. The Morgan fingerprint density at radius 1 is 1.38 bits per heavy atom. The lowest BCUT2D eigenvalue weighted by molar-refractivity contribution is 0.0462. The van der Waals surface area contributed by atoms with Gasteiger partial charge in [0.2, 0.25) is 0 Å². The normalized spacial score (nSPS) is 10.8. The van der Waals surface area contributed by atoms with Crippen molar-refractivity contribution in [2.45, 2.75) is 20.5 Å². The highest BCUT2D eigenvalue weighted by molar-refractivity contribution is 7.13. The molecule has 3 rings (SSSR count). The molecule has 0 N–H and O–H groups in total. The number of carbonyl (C=O) groups is 1. The molecule has 0 amide bonds. The summed E-state index contributed by atoms with van der Waals surface area (Å²) < 4.78 is 15.8. The summed E-state index contributed by atoms with van der Waals surface area (Å²) in [6.45, 7) is 3.58. The number of furan rings is 1. The molecule has 0 aliphatic heterocycles. The SMILES string of the molecule is Cc1cc(C(=O)OCc2cc(-c3cccs3)on2)c(C)o1. The van der Waals surface area contributed by atoms with Gasteiger partial charge >= 0.3 is 5.97 Å². The van der Waals surface area contributed by atoms with Crippen LogP contribution in [0.2, 0.25) is 0 Å². The van der Waals surface area contributed by atoms with Crippen molar-refractivity contribution in [1.29, 1.82) is 0 Å². The molecule has 0 bridgehead atoms. The van der Waals surface area contributed by atoms with E-state index >= 15 is 0 Å². The number of aryl methyl sites for hydroxylation is 2. The molecule has 0 aliphatic carbocycles. The van der Waals surface area contributed by atoms with Crippen molar-refractivity contribution in [3.63, 3.8) is 0 Å². The average Bonchev–Trinajstić information content (AvgIpc) is 3.15. The van der Waals surface area contributed by atoms with Crippen LogP contribution in [0.25, 0.3) is 10.6 Å². The Labute approximate surface area is 125 Å². The molecule has 3 aromatic rings. The van der Waals surface area contributed by atoms with Gasteiger partial charge in [-0.15, -0.1) is 11.3 Å². The first kappa shape index (κ1) is 13.6. The minimum absolute atomic E-state index is 0.0668. The van der Waals surface area contributed by atoms with Crippen LogP contribution in [0.1, 0.15) is 27.6 Å². The molecule has 0 aromatic carbocycles. The van der Waals surface area contributed by atoms with E-state index in [1.165, 1.54) is 0 Å². The van der Waals surface area contributed by atoms with Crippen molar-refractivity contribution < 1.29 is 18.5 Å². The largest absolute Gasteiger partial charge is 0.466 e. The van der Waals surface area contributed by atoms with E-state index in [9.17, 15) is 4.79 Å². The fraction of sp³-hybridized carbons (Fsp3) is 0.200. The van der Waals surface area contributed by atoms with Gasteiger partial charge in [-0.2, -0.15) is 0 Å². The fourth-order valence-corrected chi connectivity index (χ4v) is 2.64. The van der Waals surface area contributed by atoms with E-state index in [-0.39, 0.29) is 6.61 Å². The Morgan fingerprint density at radius 3 is 2.90 bits per heavy atom. The van der Waals surface area contributed by atoms with Gasteiger partial charge in [0.05, 0.1) is 4.88 Å². The number of hydrogen-bond acceptors (Lipinski definition) is 6. The zero-order valence-electron chi connectivity index (χ0n) is 11.6. The molecule has 0 saturated heterocycles. The quantitative estimate of drug-likeness (QED) is 0.682. The lowest BCUT2D eigenvalue weighted by atomic mass is 10.2. The van der Waals surface area contributed by atoms with Crippen LogP contribution >= 0.6 is 11.3 Å². The molecule has 0 radical (unpaired) electrons. The second kappa shape index (κ2) is 5.57. The van der Waals surface area contributed by atoms with Crippen LogP contribution in [0, 0.1) is 13.8 Å². The van der Waals surface area contributed by atoms with Gasteiger partial charge in [0.1, 0.15) is 29.4 Å². The Morgan fingerprint density at radius 2 is 2.24 bits per heavy atom. The Kier molecular flexibility index (Phi) is 3.62. The number of esters is 1. The zero-order chi connectivity index (χ0) is 14.8. The van der Waals surface area contributed by atoms with Crippen molar-refractivity contribution in [3.8, 4) is 10.6 Å². The highest BCUT2D eigenvalue weighted by Gasteiger charge is 2.16. The van der Waals surface area contributed by atoms with E-state index in [0.29, 0.717) is 28.5 Å². The van der Waals surface area contributed by atoms with E-state index in [2.05, 4.69) is 5.16 Å². The number of thiophene rings is 1. The zero-order valence-corrected chi connectivity index (χ0v) is 12.4. The van der Waals surface area contributed by atoms with Crippen LogP contribution in [0.3, 0.4) is 0 Å². The maximum atomic E-state index is 11.9. The average molecular weight is 303 g/mol. The van der Waals surface area contributed by atoms with E-state index in [4.69, 9.17) is 13.7 Å². The standard InChI is InChI=1S/C15H13NO4S/c1-9-6-12(10(2)19-9)15(17)18-8-11-7-13(20-16-11)14-4-3-5-21-14/h3-7H,8H2,1-2H3. The third kappa shape index (κ3) is 2.90. The van der Waals surface area contributed by atoms with Crippen LogP contribution < -0.4 is 0 Å². The maximum Gasteiger partial charge on any atom is 0.342 e. The minimum atomic E-state index is -0.426. The van der Waals surface area contributed by atoms with Gasteiger partial charge in [-0.25, -0.2) is 4.79 Å². The van der Waals surface area contributed by atoms with Crippen molar-refractivity contribution in [3.05, 3.63) is 52.4 Å². The molecule has 6 heteroatoms. The molecule has 0 fully saturated rings. The summed E-state index contributed by atoms with van der Waals surface area (Å²) in [6, 6.07) is 7.31. The number of nitrogens with zero attached hydrogens (tertiary/aromatic N) is 1. The monoisotopic (exact) mass is 303 g/mol. The topological polar surface area (TPSA) is 65.5 Å². The van der Waals surface area contributed by atoms with Gasteiger partial charge in [-0.1, -0.05) is 11.2 Å². The lowest BCUT2D eigenvalue weighted by Gasteiger charge is -2.00. The number of carbonyl (C=O) groups excluding carboxylic acids is 1. The Balaban J connectivity index is 1.65. The molecule has 3 aromatic heterocycles. The minimum Gasteiger partial charge on any atom is -0.466 e. The number of rotatable bonds is 4. The lowest BCUT2D eigenvalue weighted by Crippen LogP contribution is -2.05. The fourth-order valence-electron chi connectivity index (χ4n) is 1.97. The summed E-state index contributed by atoms with van der Waals surface area (Å²) in [7, 11) is 0. The van der Waals surface area contributed by atoms with E-state index in [0.717, 1.165) is 4.88 Å². The molecule has 0 atom stereocenters. The van der Waals surface area contributed by atoms with Gasteiger partial charge in [0.15, 0.2) is 5.76 Å². The smallest absolute Gasteiger partial charge is 0.342 e. The highest BCUT2D eigenvalue weighted by atomic mass is 32.1. The van der Waals surface area contributed by atoms with Crippen molar-refractivity contribution in [2.75, 3.05) is 0 Å². The third-order valence-electron chi connectivity index (χ3n) is 2.94. The number of hydrogen-bond donors (Lipinski definition) is 0. The van der Waals surface area contributed by atoms with E-state index in [1.54, 1.807) is 37.3 Å². The van der Waals surface area contributed by atoms with Crippen molar-refractivity contribution >= 4 is 17.3 Å². The van der Waals surface area contributed by atoms with Crippen LogP contribution in [0.5, 0.6) is 0 Å². The Bertz CT molecular complexity index is 755. The molecule has 0 saturated carbocycles. The summed E-state index contributed by atoms with van der Waals surface area (Å²) in [6.07, 6.45) is 0. The highest BCUT2D eigenvalue weighted by Crippen LogP contribution is 2.25. The van der Waals surface area contributed by atoms with E-state index < -0.39 is 5.97 Å². The first-order valence-corrected chi connectivity index (χ1v) is 7.25. The third-order valence-corrected chi connectivity index (χ3v) is 3.82. The van der Waals surface area contributed by atoms with Crippen molar-refractivity contribution in [2.24, 2.45) is 0 Å². The summed E-state index contributed by atoms with van der Waals surface area (Å²) in [5, 5.41) is 5.86. The summed E-state index contributed by atoms with van der Waals surface area (Å²) in [5.74, 6) is 1.48.